The van der Waals surface area contributed by atoms with E-state index in [1.165, 1.54) is 24.3 Å². The molecule has 0 amide bonds. The highest BCUT2D eigenvalue weighted by molar-refractivity contribution is 7.84. The summed E-state index contributed by atoms with van der Waals surface area (Å²) in [5, 5.41) is 3.10. The van der Waals surface area contributed by atoms with Crippen molar-refractivity contribution in [2.24, 2.45) is 5.92 Å². The average molecular weight is 293 g/mol. The van der Waals surface area contributed by atoms with Gasteiger partial charge in [0, 0.05) is 35.4 Å². The van der Waals surface area contributed by atoms with Crippen LogP contribution in [0.2, 0.25) is 0 Å². The number of benzene rings is 1. The molecule has 0 radical (unpaired) electrons. The van der Waals surface area contributed by atoms with Crippen molar-refractivity contribution in [3.8, 4) is 5.75 Å². The average Bonchev–Trinajstić information content (AvgIpc) is 2.24. The molecule has 1 N–H and O–H groups in total. The molecule has 3 nitrogen and oxygen atoms in total. The van der Waals surface area contributed by atoms with Gasteiger partial charge in [0.25, 0.3) is 0 Å². The number of hydrogen-bond donors (Lipinski definition) is 1. The summed E-state index contributed by atoms with van der Waals surface area (Å²) in [6.45, 7) is 1.79. The molecule has 1 atom stereocenters. The van der Waals surface area contributed by atoms with Crippen LogP contribution in [-0.4, -0.2) is 29.4 Å². The fraction of sp³-hybridized carbons (Fsp3) is 0.500. The van der Waals surface area contributed by atoms with Crippen LogP contribution in [0.15, 0.2) is 24.3 Å². The summed E-state index contributed by atoms with van der Waals surface area (Å²) in [5.74, 6) is 1.19. The van der Waals surface area contributed by atoms with Crippen molar-refractivity contribution in [1.29, 1.82) is 0 Å². The minimum absolute atomic E-state index is 0.259. The lowest BCUT2D eigenvalue weighted by molar-refractivity contribution is -0.274. The van der Waals surface area contributed by atoms with Gasteiger partial charge in [0.15, 0.2) is 0 Å². The van der Waals surface area contributed by atoms with E-state index < -0.39 is 17.2 Å². The van der Waals surface area contributed by atoms with Crippen molar-refractivity contribution in [3.63, 3.8) is 0 Å². The lowest BCUT2D eigenvalue weighted by atomic mass is 10.1. The predicted molar refractivity (Wildman–Crippen MR) is 66.2 cm³/mol. The molecule has 0 bridgehead atoms. The second-order valence-corrected chi connectivity index (χ2v) is 5.97. The molecular formula is C12H14F3NO2S. The van der Waals surface area contributed by atoms with Gasteiger partial charge in [0.05, 0.1) is 0 Å². The smallest absolute Gasteiger partial charge is 0.406 e. The Kier molecular flexibility index (Phi) is 4.46. The molecule has 1 heterocycles. The molecule has 0 saturated carbocycles. The molecule has 0 aliphatic carbocycles. The molecule has 2 rings (SSSR count). The van der Waals surface area contributed by atoms with E-state index in [0.717, 1.165) is 18.7 Å². The van der Waals surface area contributed by atoms with E-state index in [9.17, 15) is 17.4 Å². The van der Waals surface area contributed by atoms with Crippen molar-refractivity contribution in [2.45, 2.75) is 12.1 Å². The number of rotatable bonds is 5. The number of alkyl halides is 3. The van der Waals surface area contributed by atoms with Crippen LogP contribution in [0.4, 0.5) is 13.2 Å². The Labute approximate surface area is 111 Å². The summed E-state index contributed by atoms with van der Waals surface area (Å²) >= 11 is 0. The zero-order valence-corrected chi connectivity index (χ0v) is 10.9. The maximum atomic E-state index is 12.0. The summed E-state index contributed by atoms with van der Waals surface area (Å²) in [4.78, 5) is 0. The molecule has 19 heavy (non-hydrogen) atoms. The van der Waals surface area contributed by atoms with E-state index in [4.69, 9.17) is 0 Å². The third kappa shape index (κ3) is 4.83. The van der Waals surface area contributed by atoms with Crippen LogP contribution in [0, 0.1) is 5.92 Å². The lowest BCUT2D eigenvalue weighted by Crippen LogP contribution is -2.44. The van der Waals surface area contributed by atoms with Crippen molar-refractivity contribution in [1.82, 2.24) is 5.32 Å². The zero-order chi connectivity index (χ0) is 13.9. The van der Waals surface area contributed by atoms with Crippen molar-refractivity contribution < 1.29 is 22.1 Å². The topological polar surface area (TPSA) is 38.3 Å². The highest BCUT2D eigenvalue weighted by atomic mass is 32.2. The number of ether oxygens (including phenoxy) is 1. The van der Waals surface area contributed by atoms with Crippen molar-refractivity contribution in [2.75, 3.05) is 18.8 Å². The molecule has 106 valence electrons. The minimum atomic E-state index is -4.68. The first-order valence-electron chi connectivity index (χ1n) is 5.83. The van der Waals surface area contributed by atoms with Gasteiger partial charge in [-0.2, -0.15) is 0 Å². The normalized spacial score (nSPS) is 17.8. The van der Waals surface area contributed by atoms with E-state index in [0.29, 0.717) is 17.4 Å². The fourth-order valence-electron chi connectivity index (χ4n) is 1.76. The highest BCUT2D eigenvalue weighted by Crippen LogP contribution is 2.23. The number of halogens is 3. The van der Waals surface area contributed by atoms with Crippen LogP contribution in [0.1, 0.15) is 5.56 Å². The van der Waals surface area contributed by atoms with E-state index >= 15 is 0 Å². The lowest BCUT2D eigenvalue weighted by Gasteiger charge is -2.26. The van der Waals surface area contributed by atoms with Gasteiger partial charge in [-0.15, -0.1) is 13.2 Å². The van der Waals surface area contributed by atoms with Crippen LogP contribution in [0.3, 0.4) is 0 Å². The molecule has 7 heteroatoms. The fourth-order valence-corrected chi connectivity index (χ4v) is 3.20. The Morgan fingerprint density at radius 2 is 1.89 bits per heavy atom. The first kappa shape index (κ1) is 14.3. The summed E-state index contributed by atoms with van der Waals surface area (Å²) in [5.41, 5.74) is 0.750. The molecule has 1 aliphatic rings. The van der Waals surface area contributed by atoms with Gasteiger partial charge in [-0.3, -0.25) is 4.21 Å². The maximum Gasteiger partial charge on any atom is 0.573 e. The van der Waals surface area contributed by atoms with E-state index in [1.54, 1.807) is 0 Å². The molecule has 1 unspecified atom stereocenters. The van der Waals surface area contributed by atoms with Gasteiger partial charge < -0.3 is 10.1 Å². The molecule has 1 fully saturated rings. The third-order valence-electron chi connectivity index (χ3n) is 2.77. The van der Waals surface area contributed by atoms with Gasteiger partial charge in [-0.25, -0.2) is 0 Å². The molecule has 0 spiro atoms. The van der Waals surface area contributed by atoms with Crippen LogP contribution < -0.4 is 10.1 Å². The molecule has 1 saturated heterocycles. The molecule has 1 aromatic carbocycles. The van der Waals surface area contributed by atoms with E-state index in [1.807, 2.05) is 0 Å². The van der Waals surface area contributed by atoms with Crippen LogP contribution in [0.25, 0.3) is 0 Å². The quantitative estimate of drug-likeness (QED) is 0.903. The molecule has 1 aliphatic heterocycles. The Bertz CT molecular complexity index is 443. The van der Waals surface area contributed by atoms with Gasteiger partial charge in [-0.1, -0.05) is 12.1 Å². The van der Waals surface area contributed by atoms with Crippen molar-refractivity contribution >= 4 is 10.8 Å². The highest BCUT2D eigenvalue weighted by Gasteiger charge is 2.31. The number of hydrogen-bond acceptors (Lipinski definition) is 3. The monoisotopic (exact) mass is 293 g/mol. The van der Waals surface area contributed by atoms with E-state index in [-0.39, 0.29) is 5.75 Å². The van der Waals surface area contributed by atoms with Gasteiger partial charge in [0.2, 0.25) is 0 Å². The molecule has 1 aromatic rings. The summed E-state index contributed by atoms with van der Waals surface area (Å²) in [6, 6.07) is 5.51. The van der Waals surface area contributed by atoms with Crippen LogP contribution in [-0.2, 0) is 16.6 Å². The van der Waals surface area contributed by atoms with Gasteiger partial charge in [0.1, 0.15) is 5.75 Å². The Morgan fingerprint density at radius 1 is 1.26 bits per heavy atom. The SMILES string of the molecule is O=S(Cc1ccc(OC(F)(F)F)cc1)CC1CNC1. The maximum absolute atomic E-state index is 12.0. The van der Waals surface area contributed by atoms with E-state index in [2.05, 4.69) is 10.1 Å². The minimum Gasteiger partial charge on any atom is -0.406 e. The van der Waals surface area contributed by atoms with Crippen LogP contribution in [0.5, 0.6) is 5.75 Å². The van der Waals surface area contributed by atoms with Crippen LogP contribution >= 0.6 is 0 Å². The largest absolute Gasteiger partial charge is 0.573 e. The first-order chi connectivity index (χ1) is 8.92. The standard InChI is InChI=1S/C12H14F3NO2S/c13-12(14,15)18-11-3-1-9(2-4-11)7-19(17)8-10-5-16-6-10/h1-4,10,16H,5-8H2. The zero-order valence-electron chi connectivity index (χ0n) is 10.1. The molecule has 0 aromatic heterocycles. The Hall–Kier alpha value is -1.08. The third-order valence-corrected chi connectivity index (χ3v) is 4.27. The molecular weight excluding hydrogens is 279 g/mol. The second-order valence-electron chi connectivity index (χ2n) is 4.47. The second kappa shape index (κ2) is 5.92. The van der Waals surface area contributed by atoms with Crippen molar-refractivity contribution in [3.05, 3.63) is 29.8 Å². The summed E-state index contributed by atoms with van der Waals surface area (Å²) < 4.78 is 51.5. The predicted octanol–water partition coefficient (Wildman–Crippen LogP) is 2.05. The summed E-state index contributed by atoms with van der Waals surface area (Å²) in [6.07, 6.45) is -4.68. The number of nitrogens with one attached hydrogen (secondary N) is 1. The Balaban J connectivity index is 1.85. The van der Waals surface area contributed by atoms with Gasteiger partial charge in [-0.05, 0) is 23.6 Å². The Morgan fingerprint density at radius 3 is 2.37 bits per heavy atom. The first-order valence-corrected chi connectivity index (χ1v) is 7.31. The summed E-state index contributed by atoms with van der Waals surface area (Å²) in [7, 11) is -0.978. The van der Waals surface area contributed by atoms with Gasteiger partial charge >= 0.3 is 6.36 Å².